The zero-order valence-corrected chi connectivity index (χ0v) is 11.5. The second-order valence-electron chi connectivity index (χ2n) is 4.24. The van der Waals surface area contributed by atoms with Gasteiger partial charge in [0.25, 0.3) is 0 Å². The first kappa shape index (κ1) is 13.8. The van der Waals surface area contributed by atoms with E-state index in [4.69, 9.17) is 16.3 Å². The largest absolute Gasteiger partial charge is 0.378 e. The SMILES string of the molecule is O=S(=O)(Cc1ccccc1)N1CCOCC1CCl. The normalized spacial score (nSPS) is 21.9. The molecule has 1 atom stereocenters. The van der Waals surface area contributed by atoms with Crippen LogP contribution >= 0.6 is 11.6 Å². The van der Waals surface area contributed by atoms with Gasteiger partial charge in [-0.25, -0.2) is 8.42 Å². The molecule has 100 valence electrons. The maximum atomic E-state index is 12.3. The number of benzene rings is 1. The Hall–Kier alpha value is -0.620. The average Bonchev–Trinajstić information content (AvgIpc) is 2.39. The summed E-state index contributed by atoms with van der Waals surface area (Å²) in [6.07, 6.45) is 0. The summed E-state index contributed by atoms with van der Waals surface area (Å²) >= 11 is 5.80. The molecule has 0 spiro atoms. The van der Waals surface area contributed by atoms with E-state index in [1.54, 1.807) is 0 Å². The lowest BCUT2D eigenvalue weighted by Crippen LogP contribution is -2.49. The summed E-state index contributed by atoms with van der Waals surface area (Å²) < 4.78 is 31.4. The van der Waals surface area contributed by atoms with Gasteiger partial charge in [-0.2, -0.15) is 4.31 Å². The molecular weight excluding hydrogens is 274 g/mol. The smallest absolute Gasteiger partial charge is 0.218 e. The van der Waals surface area contributed by atoms with Crippen molar-refractivity contribution in [2.75, 3.05) is 25.6 Å². The molecule has 0 amide bonds. The van der Waals surface area contributed by atoms with E-state index in [0.29, 0.717) is 19.8 Å². The molecular formula is C12H16ClNO3S. The average molecular weight is 290 g/mol. The Morgan fingerprint density at radius 3 is 2.72 bits per heavy atom. The van der Waals surface area contributed by atoms with Crippen molar-refractivity contribution in [2.45, 2.75) is 11.8 Å². The molecule has 1 unspecified atom stereocenters. The van der Waals surface area contributed by atoms with Crippen molar-refractivity contribution in [2.24, 2.45) is 0 Å². The van der Waals surface area contributed by atoms with E-state index < -0.39 is 10.0 Å². The van der Waals surface area contributed by atoms with E-state index >= 15 is 0 Å². The molecule has 1 saturated heterocycles. The molecule has 18 heavy (non-hydrogen) atoms. The number of rotatable bonds is 4. The monoisotopic (exact) mass is 289 g/mol. The molecule has 0 radical (unpaired) electrons. The summed E-state index contributed by atoms with van der Waals surface area (Å²) in [6.45, 7) is 1.19. The summed E-state index contributed by atoms with van der Waals surface area (Å²) in [6, 6.07) is 8.91. The van der Waals surface area contributed by atoms with Crippen molar-refractivity contribution < 1.29 is 13.2 Å². The van der Waals surface area contributed by atoms with Crippen LogP contribution in [0.5, 0.6) is 0 Å². The molecule has 0 aromatic heterocycles. The highest BCUT2D eigenvalue weighted by Gasteiger charge is 2.32. The Kier molecular flexibility index (Phi) is 4.61. The number of morpholine rings is 1. The Morgan fingerprint density at radius 1 is 1.33 bits per heavy atom. The van der Waals surface area contributed by atoms with Gasteiger partial charge in [0.2, 0.25) is 10.0 Å². The zero-order chi connectivity index (χ0) is 13.0. The van der Waals surface area contributed by atoms with E-state index in [1.165, 1.54) is 4.31 Å². The van der Waals surface area contributed by atoms with E-state index in [9.17, 15) is 8.42 Å². The highest BCUT2D eigenvalue weighted by Crippen LogP contribution is 2.17. The Morgan fingerprint density at radius 2 is 2.06 bits per heavy atom. The fraction of sp³-hybridized carbons (Fsp3) is 0.500. The molecule has 1 aromatic rings. The summed E-state index contributed by atoms with van der Waals surface area (Å²) in [7, 11) is -3.33. The number of hydrogen-bond donors (Lipinski definition) is 0. The van der Waals surface area contributed by atoms with Gasteiger partial charge in [0, 0.05) is 12.4 Å². The maximum Gasteiger partial charge on any atom is 0.218 e. The first-order valence-corrected chi connectivity index (χ1v) is 7.95. The molecule has 1 fully saturated rings. The first-order valence-electron chi connectivity index (χ1n) is 5.80. The van der Waals surface area contributed by atoms with Gasteiger partial charge in [0.15, 0.2) is 0 Å². The lowest BCUT2D eigenvalue weighted by molar-refractivity contribution is 0.0404. The van der Waals surface area contributed by atoms with Crippen LogP contribution in [0.3, 0.4) is 0 Å². The van der Waals surface area contributed by atoms with Crippen LogP contribution in [-0.2, 0) is 20.5 Å². The minimum absolute atomic E-state index is 0.0151. The highest BCUT2D eigenvalue weighted by molar-refractivity contribution is 7.88. The van der Waals surface area contributed by atoms with Gasteiger partial charge in [0.05, 0.1) is 25.0 Å². The molecule has 6 heteroatoms. The fourth-order valence-corrected chi connectivity index (χ4v) is 4.05. The Labute approximate surface area is 113 Å². The number of alkyl halides is 1. The lowest BCUT2D eigenvalue weighted by Gasteiger charge is -2.33. The second kappa shape index (κ2) is 6.02. The molecule has 0 saturated carbocycles. The van der Waals surface area contributed by atoms with Gasteiger partial charge < -0.3 is 4.74 Å². The van der Waals surface area contributed by atoms with Crippen molar-refractivity contribution in [3.05, 3.63) is 35.9 Å². The van der Waals surface area contributed by atoms with Gasteiger partial charge in [0.1, 0.15) is 0 Å². The molecule has 4 nitrogen and oxygen atoms in total. The fourth-order valence-electron chi connectivity index (χ4n) is 2.00. The van der Waals surface area contributed by atoms with E-state index in [-0.39, 0.29) is 17.7 Å². The third-order valence-electron chi connectivity index (χ3n) is 2.90. The molecule has 1 aliphatic rings. The second-order valence-corrected chi connectivity index (χ2v) is 6.47. The van der Waals surface area contributed by atoms with Crippen molar-refractivity contribution in [1.29, 1.82) is 0 Å². The molecule has 0 aliphatic carbocycles. The van der Waals surface area contributed by atoms with Gasteiger partial charge in [-0.3, -0.25) is 0 Å². The van der Waals surface area contributed by atoms with E-state index in [0.717, 1.165) is 5.56 Å². The molecule has 0 N–H and O–H groups in total. The van der Waals surface area contributed by atoms with Crippen LogP contribution in [-0.4, -0.2) is 44.4 Å². The van der Waals surface area contributed by atoms with Crippen LogP contribution in [0.4, 0.5) is 0 Å². The minimum atomic E-state index is -3.33. The van der Waals surface area contributed by atoms with Gasteiger partial charge in [-0.15, -0.1) is 11.6 Å². The Bertz CT molecular complexity index is 477. The van der Waals surface area contributed by atoms with Crippen LogP contribution in [0.2, 0.25) is 0 Å². The summed E-state index contributed by atoms with van der Waals surface area (Å²) in [5.41, 5.74) is 0.789. The third kappa shape index (κ3) is 3.23. The van der Waals surface area contributed by atoms with Crippen molar-refractivity contribution in [3.8, 4) is 0 Å². The number of ether oxygens (including phenoxy) is 1. The zero-order valence-electron chi connectivity index (χ0n) is 9.96. The predicted molar refractivity (Wildman–Crippen MR) is 71.1 cm³/mol. The molecule has 1 heterocycles. The quantitative estimate of drug-likeness (QED) is 0.789. The van der Waals surface area contributed by atoms with Crippen LogP contribution in [0.1, 0.15) is 5.56 Å². The third-order valence-corrected chi connectivity index (χ3v) is 5.15. The number of hydrogen-bond acceptors (Lipinski definition) is 3. The van der Waals surface area contributed by atoms with Crippen LogP contribution in [0, 0.1) is 0 Å². The number of halogens is 1. The van der Waals surface area contributed by atoms with Gasteiger partial charge in [-0.1, -0.05) is 30.3 Å². The molecule has 1 aliphatic heterocycles. The van der Waals surface area contributed by atoms with E-state index in [1.807, 2.05) is 30.3 Å². The summed E-state index contributed by atoms with van der Waals surface area (Å²) in [4.78, 5) is 0. The predicted octanol–water partition coefficient (Wildman–Crippen LogP) is 1.46. The van der Waals surface area contributed by atoms with Crippen molar-refractivity contribution >= 4 is 21.6 Å². The van der Waals surface area contributed by atoms with Crippen LogP contribution in [0.15, 0.2) is 30.3 Å². The van der Waals surface area contributed by atoms with Crippen molar-refractivity contribution in [1.82, 2.24) is 4.31 Å². The molecule has 1 aromatic carbocycles. The van der Waals surface area contributed by atoms with Gasteiger partial charge >= 0.3 is 0 Å². The standard InChI is InChI=1S/C12H16ClNO3S/c13-8-12-9-17-7-6-14(12)18(15,16)10-11-4-2-1-3-5-11/h1-5,12H,6-10H2. The topological polar surface area (TPSA) is 46.6 Å². The number of sulfonamides is 1. The number of nitrogens with zero attached hydrogens (tertiary/aromatic N) is 1. The van der Waals surface area contributed by atoms with Crippen LogP contribution in [0.25, 0.3) is 0 Å². The minimum Gasteiger partial charge on any atom is -0.378 e. The lowest BCUT2D eigenvalue weighted by atomic mass is 10.2. The highest BCUT2D eigenvalue weighted by atomic mass is 35.5. The van der Waals surface area contributed by atoms with Gasteiger partial charge in [-0.05, 0) is 5.56 Å². The molecule has 2 rings (SSSR count). The Balaban J connectivity index is 2.14. The summed E-state index contributed by atoms with van der Waals surface area (Å²) in [5, 5.41) is 0. The maximum absolute atomic E-state index is 12.3. The first-order chi connectivity index (χ1) is 8.63. The molecule has 0 bridgehead atoms. The summed E-state index contributed by atoms with van der Waals surface area (Å²) in [5.74, 6) is 0.273. The van der Waals surface area contributed by atoms with Crippen molar-refractivity contribution in [3.63, 3.8) is 0 Å². The van der Waals surface area contributed by atoms with E-state index in [2.05, 4.69) is 0 Å². The van der Waals surface area contributed by atoms with Crippen LogP contribution < -0.4 is 0 Å².